The highest BCUT2D eigenvalue weighted by Crippen LogP contribution is 2.36. The molecule has 0 fully saturated rings. The quantitative estimate of drug-likeness (QED) is 0.625. The highest BCUT2D eigenvalue weighted by atomic mass is 16.5. The summed E-state index contributed by atoms with van der Waals surface area (Å²) in [6, 6.07) is 10.9. The number of rotatable bonds is 2. The van der Waals surface area contributed by atoms with E-state index in [1.54, 1.807) is 6.07 Å². The van der Waals surface area contributed by atoms with E-state index in [4.69, 9.17) is 4.74 Å². The van der Waals surface area contributed by atoms with E-state index < -0.39 is 0 Å². The first kappa shape index (κ1) is 15.4. The van der Waals surface area contributed by atoms with Crippen LogP contribution in [0.4, 0.5) is 0 Å². The third-order valence-electron chi connectivity index (χ3n) is 3.98. The van der Waals surface area contributed by atoms with E-state index in [2.05, 4.69) is 18.8 Å². The zero-order valence-electron chi connectivity index (χ0n) is 13.6. The molecule has 1 aromatic heterocycles. The van der Waals surface area contributed by atoms with Gasteiger partial charge in [-0.2, -0.15) is 0 Å². The minimum Gasteiger partial charge on any atom is -0.426 e. The molecule has 0 saturated carbocycles. The molecular formula is C19H19NO3. The van der Waals surface area contributed by atoms with Crippen molar-refractivity contribution in [2.45, 2.75) is 33.6 Å². The summed E-state index contributed by atoms with van der Waals surface area (Å²) in [5.41, 5.74) is 2.91. The lowest BCUT2D eigenvalue weighted by Gasteiger charge is -2.29. The molecule has 1 heterocycles. The first-order valence-corrected chi connectivity index (χ1v) is 7.67. The maximum atomic E-state index is 12.3. The zero-order chi connectivity index (χ0) is 16.6. The summed E-state index contributed by atoms with van der Waals surface area (Å²) in [6.45, 7) is 5.53. The number of benzene rings is 1. The second kappa shape index (κ2) is 5.61. The second-order valence-corrected chi connectivity index (χ2v) is 6.72. The number of aromatic nitrogens is 1. The van der Waals surface area contributed by atoms with E-state index in [9.17, 15) is 9.59 Å². The smallest absolute Gasteiger partial charge is 0.308 e. The Kier molecular flexibility index (Phi) is 3.76. The van der Waals surface area contributed by atoms with Crippen molar-refractivity contribution in [2.75, 3.05) is 0 Å². The fraction of sp³-hybridized carbons (Fsp3) is 0.316. The number of carbonyl (C=O) groups excluding carboxylic acids is 2. The Morgan fingerprint density at radius 2 is 1.83 bits per heavy atom. The predicted molar refractivity (Wildman–Crippen MR) is 87.4 cm³/mol. The van der Waals surface area contributed by atoms with Gasteiger partial charge in [0.05, 0.1) is 11.4 Å². The number of fused-ring (bicyclic) bond motifs is 1. The number of ketones is 1. The molecule has 3 rings (SSSR count). The topological polar surface area (TPSA) is 56.3 Å². The van der Waals surface area contributed by atoms with Crippen molar-refractivity contribution in [3.8, 4) is 17.0 Å². The van der Waals surface area contributed by atoms with Gasteiger partial charge in [0.1, 0.15) is 5.75 Å². The van der Waals surface area contributed by atoms with Crippen LogP contribution in [-0.4, -0.2) is 16.7 Å². The van der Waals surface area contributed by atoms with Crippen LogP contribution in [0.25, 0.3) is 11.3 Å². The van der Waals surface area contributed by atoms with Crippen molar-refractivity contribution >= 4 is 11.8 Å². The summed E-state index contributed by atoms with van der Waals surface area (Å²) in [4.78, 5) is 28.2. The van der Waals surface area contributed by atoms with Gasteiger partial charge in [-0.25, -0.2) is 0 Å². The molecule has 0 unspecified atom stereocenters. The zero-order valence-corrected chi connectivity index (χ0v) is 13.6. The van der Waals surface area contributed by atoms with Gasteiger partial charge in [-0.1, -0.05) is 26.0 Å². The molecule has 0 saturated heterocycles. The van der Waals surface area contributed by atoms with Crippen LogP contribution >= 0.6 is 0 Å². The number of hydrogen-bond donors (Lipinski definition) is 0. The molecule has 0 aliphatic heterocycles. The van der Waals surface area contributed by atoms with Gasteiger partial charge in [0.15, 0.2) is 5.78 Å². The summed E-state index contributed by atoms with van der Waals surface area (Å²) >= 11 is 0. The highest BCUT2D eigenvalue weighted by molar-refractivity contribution is 5.99. The van der Waals surface area contributed by atoms with Gasteiger partial charge in [0.25, 0.3) is 0 Å². The van der Waals surface area contributed by atoms with E-state index in [0.29, 0.717) is 23.4 Å². The number of hydrogen-bond acceptors (Lipinski definition) is 4. The van der Waals surface area contributed by atoms with Gasteiger partial charge in [0.2, 0.25) is 0 Å². The van der Waals surface area contributed by atoms with Crippen LogP contribution in [0, 0.1) is 5.41 Å². The van der Waals surface area contributed by atoms with E-state index in [1.807, 2.05) is 30.3 Å². The molecule has 1 aliphatic rings. The standard InChI is InChI=1S/C19H19NO3/c1-12(21)23-18-7-5-4-6-14(18)15-9-8-13-16(20-15)10-19(2,3)11-17(13)22/h4-9H,10-11H2,1-3H3. The predicted octanol–water partition coefficient (Wildman–Crippen LogP) is 3.83. The lowest BCUT2D eigenvalue weighted by atomic mass is 9.75. The number of Topliss-reactive ketones (excluding diaryl/α,β-unsaturated/α-hetero) is 1. The molecule has 4 nitrogen and oxygen atoms in total. The second-order valence-electron chi connectivity index (χ2n) is 6.72. The maximum absolute atomic E-state index is 12.3. The number of esters is 1. The van der Waals surface area contributed by atoms with Crippen molar-refractivity contribution in [2.24, 2.45) is 5.41 Å². The van der Waals surface area contributed by atoms with Crippen LogP contribution in [0.3, 0.4) is 0 Å². The average molecular weight is 309 g/mol. The average Bonchev–Trinajstić information content (AvgIpc) is 2.45. The number of ether oxygens (including phenoxy) is 1. The molecule has 0 amide bonds. The minimum atomic E-state index is -0.369. The Balaban J connectivity index is 2.07. The van der Waals surface area contributed by atoms with Crippen molar-refractivity contribution in [3.05, 3.63) is 47.7 Å². The first-order chi connectivity index (χ1) is 10.9. The van der Waals surface area contributed by atoms with Crippen LogP contribution in [-0.2, 0) is 11.2 Å². The molecule has 23 heavy (non-hydrogen) atoms. The molecule has 4 heteroatoms. The molecule has 1 aromatic carbocycles. The Bertz CT molecular complexity index is 793. The molecule has 0 N–H and O–H groups in total. The SMILES string of the molecule is CC(=O)Oc1ccccc1-c1ccc2c(n1)CC(C)(C)CC2=O. The van der Waals surface area contributed by atoms with Crippen LogP contribution in [0.2, 0.25) is 0 Å². The lowest BCUT2D eigenvalue weighted by Crippen LogP contribution is -2.27. The maximum Gasteiger partial charge on any atom is 0.308 e. The van der Waals surface area contributed by atoms with E-state index in [1.165, 1.54) is 6.92 Å². The molecule has 118 valence electrons. The van der Waals surface area contributed by atoms with Crippen molar-refractivity contribution < 1.29 is 14.3 Å². The monoisotopic (exact) mass is 309 g/mol. The molecule has 0 atom stereocenters. The summed E-state index contributed by atoms with van der Waals surface area (Å²) in [7, 11) is 0. The number of para-hydroxylation sites is 1. The fourth-order valence-electron chi connectivity index (χ4n) is 3.01. The van der Waals surface area contributed by atoms with E-state index in [-0.39, 0.29) is 17.2 Å². The Hall–Kier alpha value is -2.49. The number of carbonyl (C=O) groups is 2. The summed E-state index contributed by atoms with van der Waals surface area (Å²) < 4.78 is 5.26. The third-order valence-corrected chi connectivity index (χ3v) is 3.98. The van der Waals surface area contributed by atoms with Gasteiger partial charge in [-0.3, -0.25) is 14.6 Å². The van der Waals surface area contributed by atoms with Crippen LogP contribution in [0.1, 0.15) is 43.2 Å². The molecule has 1 aliphatic carbocycles. The Morgan fingerprint density at radius 3 is 2.57 bits per heavy atom. The minimum absolute atomic E-state index is 0.0783. The van der Waals surface area contributed by atoms with Gasteiger partial charge < -0.3 is 4.74 Å². The van der Waals surface area contributed by atoms with Crippen LogP contribution in [0.15, 0.2) is 36.4 Å². The normalized spacial score (nSPS) is 15.9. The first-order valence-electron chi connectivity index (χ1n) is 7.67. The Morgan fingerprint density at radius 1 is 1.09 bits per heavy atom. The summed E-state index contributed by atoms with van der Waals surface area (Å²) in [5, 5.41) is 0. The van der Waals surface area contributed by atoms with E-state index in [0.717, 1.165) is 17.7 Å². The van der Waals surface area contributed by atoms with Crippen LogP contribution in [0.5, 0.6) is 5.75 Å². The largest absolute Gasteiger partial charge is 0.426 e. The van der Waals surface area contributed by atoms with Gasteiger partial charge in [-0.05, 0) is 36.1 Å². The number of nitrogens with zero attached hydrogens (tertiary/aromatic N) is 1. The van der Waals surface area contributed by atoms with Crippen molar-refractivity contribution in [3.63, 3.8) is 0 Å². The molecule has 2 aromatic rings. The van der Waals surface area contributed by atoms with Gasteiger partial charge in [0, 0.05) is 24.5 Å². The van der Waals surface area contributed by atoms with Gasteiger partial charge in [-0.15, -0.1) is 0 Å². The van der Waals surface area contributed by atoms with Crippen molar-refractivity contribution in [1.29, 1.82) is 0 Å². The summed E-state index contributed by atoms with van der Waals surface area (Å²) in [6.07, 6.45) is 1.31. The highest BCUT2D eigenvalue weighted by Gasteiger charge is 2.32. The summed E-state index contributed by atoms with van der Waals surface area (Å²) in [5.74, 6) is 0.254. The molecule has 0 spiro atoms. The number of pyridine rings is 1. The lowest BCUT2D eigenvalue weighted by molar-refractivity contribution is -0.131. The molecular weight excluding hydrogens is 290 g/mol. The van der Waals surface area contributed by atoms with Crippen molar-refractivity contribution in [1.82, 2.24) is 4.98 Å². The fourth-order valence-corrected chi connectivity index (χ4v) is 3.01. The molecule has 0 radical (unpaired) electrons. The molecule has 0 bridgehead atoms. The third kappa shape index (κ3) is 3.16. The van der Waals surface area contributed by atoms with Gasteiger partial charge >= 0.3 is 5.97 Å². The Labute approximate surface area is 135 Å². The van der Waals surface area contributed by atoms with Crippen LogP contribution < -0.4 is 4.74 Å². The van der Waals surface area contributed by atoms with E-state index >= 15 is 0 Å².